The summed E-state index contributed by atoms with van der Waals surface area (Å²) in [7, 11) is 0. The second-order valence-electron chi connectivity index (χ2n) is 7.75. The fourth-order valence-electron chi connectivity index (χ4n) is 4.21. The molecular formula is C17H28N2O. The Morgan fingerprint density at radius 2 is 2.15 bits per heavy atom. The molecule has 0 aromatic carbocycles. The van der Waals surface area contributed by atoms with Crippen LogP contribution in [0.4, 0.5) is 0 Å². The Balaban J connectivity index is 1.64. The van der Waals surface area contributed by atoms with Gasteiger partial charge in [0.25, 0.3) is 0 Å². The molecule has 20 heavy (non-hydrogen) atoms. The van der Waals surface area contributed by atoms with Crippen LogP contribution >= 0.6 is 0 Å². The zero-order valence-corrected chi connectivity index (χ0v) is 13.1. The van der Waals surface area contributed by atoms with Crippen LogP contribution in [0.25, 0.3) is 0 Å². The van der Waals surface area contributed by atoms with Crippen molar-refractivity contribution in [2.75, 3.05) is 19.6 Å². The van der Waals surface area contributed by atoms with Gasteiger partial charge in [0, 0.05) is 13.1 Å². The van der Waals surface area contributed by atoms with Gasteiger partial charge in [0.2, 0.25) is 5.91 Å². The largest absolute Gasteiger partial charge is 0.337 e. The molecule has 1 aliphatic carbocycles. The van der Waals surface area contributed by atoms with Gasteiger partial charge in [-0.1, -0.05) is 38.8 Å². The highest BCUT2D eigenvalue weighted by atomic mass is 16.2. The van der Waals surface area contributed by atoms with Gasteiger partial charge in [0.15, 0.2) is 0 Å². The minimum atomic E-state index is 0.104. The second-order valence-corrected chi connectivity index (χ2v) is 7.75. The van der Waals surface area contributed by atoms with Gasteiger partial charge in [-0.2, -0.15) is 0 Å². The lowest BCUT2D eigenvalue weighted by Crippen LogP contribution is -2.48. The van der Waals surface area contributed by atoms with Gasteiger partial charge in [-0.25, -0.2) is 0 Å². The van der Waals surface area contributed by atoms with E-state index in [4.69, 9.17) is 0 Å². The Kier molecular flexibility index (Phi) is 3.65. The first-order valence-corrected chi connectivity index (χ1v) is 8.18. The van der Waals surface area contributed by atoms with Crippen LogP contribution in [-0.2, 0) is 4.79 Å². The van der Waals surface area contributed by atoms with Crippen molar-refractivity contribution in [2.45, 2.75) is 52.5 Å². The standard InChI is InChI=1S/C17H28N2O/c1-17(2,3)13-7-9-19(10-8-13)16(20)15-14-6-4-5-12(14)11-18-15/h7,12,14-15,18H,4-6,8-11H2,1-3H3. The summed E-state index contributed by atoms with van der Waals surface area (Å²) in [5.41, 5.74) is 1.75. The molecule has 1 amide bonds. The van der Waals surface area contributed by atoms with E-state index in [1.807, 2.05) is 0 Å². The highest BCUT2D eigenvalue weighted by Crippen LogP contribution is 2.38. The molecule has 1 N–H and O–H groups in total. The van der Waals surface area contributed by atoms with Gasteiger partial charge in [-0.05, 0) is 43.1 Å². The van der Waals surface area contributed by atoms with Crippen molar-refractivity contribution in [2.24, 2.45) is 17.3 Å². The molecule has 0 radical (unpaired) electrons. The molecule has 1 saturated carbocycles. The molecule has 0 aromatic rings. The lowest BCUT2D eigenvalue weighted by Gasteiger charge is -2.34. The maximum absolute atomic E-state index is 12.7. The first-order chi connectivity index (χ1) is 9.47. The molecule has 3 unspecified atom stereocenters. The number of hydrogen-bond donors (Lipinski definition) is 1. The molecule has 3 heteroatoms. The Morgan fingerprint density at radius 1 is 1.35 bits per heavy atom. The van der Waals surface area contributed by atoms with Crippen molar-refractivity contribution in [3.63, 3.8) is 0 Å². The minimum absolute atomic E-state index is 0.104. The van der Waals surface area contributed by atoms with Crippen LogP contribution in [0.15, 0.2) is 11.6 Å². The van der Waals surface area contributed by atoms with Crippen LogP contribution in [0.1, 0.15) is 46.5 Å². The topological polar surface area (TPSA) is 32.3 Å². The number of nitrogens with zero attached hydrogens (tertiary/aromatic N) is 1. The summed E-state index contributed by atoms with van der Waals surface area (Å²) in [5.74, 6) is 1.72. The fourth-order valence-corrected chi connectivity index (χ4v) is 4.21. The second kappa shape index (κ2) is 5.18. The van der Waals surface area contributed by atoms with E-state index in [0.717, 1.165) is 32.0 Å². The molecule has 3 rings (SSSR count). The zero-order valence-electron chi connectivity index (χ0n) is 13.1. The maximum atomic E-state index is 12.7. The minimum Gasteiger partial charge on any atom is -0.337 e. The van der Waals surface area contributed by atoms with E-state index < -0.39 is 0 Å². The summed E-state index contributed by atoms with van der Waals surface area (Å²) < 4.78 is 0. The third-order valence-corrected chi connectivity index (χ3v) is 5.50. The van der Waals surface area contributed by atoms with Gasteiger partial charge < -0.3 is 10.2 Å². The molecule has 2 aliphatic heterocycles. The molecule has 3 nitrogen and oxygen atoms in total. The lowest BCUT2D eigenvalue weighted by molar-refractivity contribution is -0.133. The Hall–Kier alpha value is -0.830. The highest BCUT2D eigenvalue weighted by Gasteiger charge is 2.43. The van der Waals surface area contributed by atoms with E-state index in [1.54, 1.807) is 0 Å². The number of rotatable bonds is 1. The van der Waals surface area contributed by atoms with Crippen LogP contribution in [0.5, 0.6) is 0 Å². The molecule has 3 aliphatic rings. The molecule has 0 bridgehead atoms. The number of carbonyl (C=O) groups excluding carboxylic acids is 1. The Labute approximate surface area is 122 Å². The lowest BCUT2D eigenvalue weighted by atomic mass is 9.82. The first kappa shape index (κ1) is 14.1. The van der Waals surface area contributed by atoms with E-state index in [9.17, 15) is 4.79 Å². The highest BCUT2D eigenvalue weighted by molar-refractivity contribution is 5.83. The maximum Gasteiger partial charge on any atom is 0.240 e. The number of fused-ring (bicyclic) bond motifs is 1. The van der Waals surface area contributed by atoms with Crippen molar-refractivity contribution in [1.82, 2.24) is 10.2 Å². The van der Waals surface area contributed by atoms with Crippen LogP contribution in [0.2, 0.25) is 0 Å². The average molecular weight is 276 g/mol. The third-order valence-electron chi connectivity index (χ3n) is 5.50. The van der Waals surface area contributed by atoms with E-state index in [-0.39, 0.29) is 11.5 Å². The van der Waals surface area contributed by atoms with Crippen molar-refractivity contribution in [1.29, 1.82) is 0 Å². The summed E-state index contributed by atoms with van der Waals surface area (Å²) in [6, 6.07) is 0.104. The van der Waals surface area contributed by atoms with Crippen LogP contribution in [0, 0.1) is 17.3 Å². The van der Waals surface area contributed by atoms with E-state index >= 15 is 0 Å². The molecule has 0 spiro atoms. The molecule has 2 heterocycles. The summed E-state index contributed by atoms with van der Waals surface area (Å²) in [5, 5.41) is 3.49. The number of nitrogens with one attached hydrogen (secondary N) is 1. The monoisotopic (exact) mass is 276 g/mol. The van der Waals surface area contributed by atoms with Crippen LogP contribution in [0.3, 0.4) is 0 Å². The summed E-state index contributed by atoms with van der Waals surface area (Å²) in [6.45, 7) is 9.55. The van der Waals surface area contributed by atoms with Gasteiger partial charge in [-0.3, -0.25) is 4.79 Å². The normalized spacial score (nSPS) is 34.0. The molecule has 112 valence electrons. The summed E-state index contributed by atoms with van der Waals surface area (Å²) in [6.07, 6.45) is 7.19. The van der Waals surface area contributed by atoms with Crippen molar-refractivity contribution < 1.29 is 4.79 Å². The van der Waals surface area contributed by atoms with Crippen molar-refractivity contribution in [3.05, 3.63) is 11.6 Å². The van der Waals surface area contributed by atoms with Gasteiger partial charge >= 0.3 is 0 Å². The predicted molar refractivity (Wildman–Crippen MR) is 81.4 cm³/mol. The molecule has 3 atom stereocenters. The average Bonchev–Trinajstić information content (AvgIpc) is 2.99. The summed E-state index contributed by atoms with van der Waals surface area (Å²) in [4.78, 5) is 14.8. The van der Waals surface area contributed by atoms with Gasteiger partial charge in [0.1, 0.15) is 0 Å². The Bertz CT molecular complexity index is 421. The number of hydrogen-bond acceptors (Lipinski definition) is 2. The van der Waals surface area contributed by atoms with Crippen LogP contribution in [-0.4, -0.2) is 36.5 Å². The molecule has 0 aromatic heterocycles. The van der Waals surface area contributed by atoms with E-state index in [1.165, 1.54) is 24.8 Å². The van der Waals surface area contributed by atoms with Gasteiger partial charge in [0.05, 0.1) is 6.04 Å². The SMILES string of the molecule is CC(C)(C)C1=CCN(C(=O)C2NCC3CCCC32)CC1. The van der Waals surface area contributed by atoms with Crippen LogP contribution < -0.4 is 5.32 Å². The molecule has 1 saturated heterocycles. The quantitative estimate of drug-likeness (QED) is 0.747. The predicted octanol–water partition coefficient (Wildman–Crippen LogP) is 2.58. The summed E-state index contributed by atoms with van der Waals surface area (Å²) >= 11 is 0. The Morgan fingerprint density at radius 3 is 2.80 bits per heavy atom. The number of carbonyl (C=O) groups is 1. The van der Waals surface area contributed by atoms with Crippen molar-refractivity contribution in [3.8, 4) is 0 Å². The van der Waals surface area contributed by atoms with Crippen molar-refractivity contribution >= 4 is 5.91 Å². The van der Waals surface area contributed by atoms with E-state index in [0.29, 0.717) is 11.8 Å². The number of amides is 1. The van der Waals surface area contributed by atoms with E-state index in [2.05, 4.69) is 37.1 Å². The van der Waals surface area contributed by atoms with Gasteiger partial charge in [-0.15, -0.1) is 0 Å². The molecular weight excluding hydrogens is 248 g/mol. The third kappa shape index (κ3) is 2.52. The zero-order chi connectivity index (χ0) is 14.3. The first-order valence-electron chi connectivity index (χ1n) is 8.18. The fraction of sp³-hybridized carbons (Fsp3) is 0.824. The molecule has 2 fully saturated rings. The smallest absolute Gasteiger partial charge is 0.240 e.